The van der Waals surface area contributed by atoms with Crippen molar-refractivity contribution >= 4 is 11.8 Å². The van der Waals surface area contributed by atoms with E-state index in [0.29, 0.717) is 26.1 Å². The summed E-state index contributed by atoms with van der Waals surface area (Å²) in [5.41, 5.74) is 2.15. The number of ether oxygens (including phenoxy) is 2. The van der Waals surface area contributed by atoms with Gasteiger partial charge in [-0.25, -0.2) is 0 Å². The summed E-state index contributed by atoms with van der Waals surface area (Å²) in [6.45, 7) is 1.07. The first-order valence-electron chi connectivity index (χ1n) is 8.67. The molecule has 0 heterocycles. The van der Waals surface area contributed by atoms with E-state index in [-0.39, 0.29) is 6.61 Å². The predicted molar refractivity (Wildman–Crippen MR) is 97.9 cm³/mol. The molecule has 0 aromatic heterocycles. The zero-order valence-corrected chi connectivity index (χ0v) is 14.7. The van der Waals surface area contributed by atoms with Crippen LogP contribution in [0.25, 0.3) is 0 Å². The lowest BCUT2D eigenvalue weighted by Crippen LogP contribution is -2.28. The molecule has 0 saturated carbocycles. The van der Waals surface area contributed by atoms with Crippen molar-refractivity contribution in [1.82, 2.24) is 0 Å². The summed E-state index contributed by atoms with van der Waals surface area (Å²) < 4.78 is 11.2. The summed E-state index contributed by atoms with van der Waals surface area (Å²) in [4.78, 5) is 22.9. The Kier molecular flexibility index (Phi) is 8.52. The molecule has 1 unspecified atom stereocenters. The third-order valence-electron chi connectivity index (χ3n) is 3.88. The van der Waals surface area contributed by atoms with Gasteiger partial charge in [0.25, 0.3) is 0 Å². The Morgan fingerprint density at radius 3 is 2.12 bits per heavy atom. The Balaban J connectivity index is 1.77. The van der Waals surface area contributed by atoms with Gasteiger partial charge in [-0.2, -0.15) is 0 Å². The molecule has 2 aromatic rings. The number of carboxylic acids is 1. The van der Waals surface area contributed by atoms with Gasteiger partial charge in [-0.3, -0.25) is 9.59 Å². The maximum Gasteiger partial charge on any atom is 0.310 e. The second kappa shape index (κ2) is 11.2. The number of hydrogen-bond donors (Lipinski definition) is 1. The third-order valence-corrected chi connectivity index (χ3v) is 3.88. The molecule has 0 aliphatic carbocycles. The molecule has 0 spiro atoms. The first kappa shape index (κ1) is 19.8. The molecule has 0 aliphatic rings. The number of benzene rings is 2. The van der Waals surface area contributed by atoms with Crippen LogP contribution in [-0.4, -0.2) is 36.2 Å². The fourth-order valence-corrected chi connectivity index (χ4v) is 2.56. The van der Waals surface area contributed by atoms with E-state index in [2.05, 4.69) is 0 Å². The molecule has 26 heavy (non-hydrogen) atoms. The van der Waals surface area contributed by atoms with E-state index in [0.717, 1.165) is 11.1 Å². The highest BCUT2D eigenvalue weighted by atomic mass is 16.5. The molecule has 138 valence electrons. The fourth-order valence-electron chi connectivity index (χ4n) is 2.56. The van der Waals surface area contributed by atoms with E-state index in [4.69, 9.17) is 14.6 Å². The van der Waals surface area contributed by atoms with Gasteiger partial charge >= 0.3 is 5.97 Å². The highest BCUT2D eigenvalue weighted by molar-refractivity contribution is 5.97. The van der Waals surface area contributed by atoms with Crippen molar-refractivity contribution in [1.29, 1.82) is 0 Å². The first-order chi connectivity index (χ1) is 12.6. The molecule has 0 aliphatic heterocycles. The van der Waals surface area contributed by atoms with Crippen LogP contribution in [0.15, 0.2) is 60.7 Å². The van der Waals surface area contributed by atoms with Crippen LogP contribution in [-0.2, 0) is 32.1 Å². The first-order valence-corrected chi connectivity index (χ1v) is 8.67. The van der Waals surface area contributed by atoms with Crippen molar-refractivity contribution in [3.05, 3.63) is 71.8 Å². The van der Waals surface area contributed by atoms with Gasteiger partial charge in [0.05, 0.1) is 19.8 Å². The number of Topliss-reactive ketones (excluding diaryl/α,β-unsaturated/α-hetero) is 1. The van der Waals surface area contributed by atoms with Crippen LogP contribution in [0.1, 0.15) is 24.0 Å². The minimum atomic E-state index is -1.14. The number of carbonyl (C=O) groups excluding carboxylic acids is 1. The molecular formula is C21H24O5. The van der Waals surface area contributed by atoms with Crippen molar-refractivity contribution in [3.63, 3.8) is 0 Å². The highest BCUT2D eigenvalue weighted by Gasteiger charge is 2.21. The summed E-state index contributed by atoms with van der Waals surface area (Å²) in [6, 6.07) is 19.5. The minimum absolute atomic E-state index is 0.248. The smallest absolute Gasteiger partial charge is 0.310 e. The summed E-state index contributed by atoms with van der Waals surface area (Å²) in [6.07, 6.45) is -0.146. The lowest BCUT2D eigenvalue weighted by atomic mass is 10.0. The minimum Gasteiger partial charge on any atom is -0.481 e. The van der Waals surface area contributed by atoms with Crippen molar-refractivity contribution in [3.8, 4) is 0 Å². The quantitative estimate of drug-likeness (QED) is 0.467. The van der Waals surface area contributed by atoms with Crippen LogP contribution >= 0.6 is 0 Å². The Morgan fingerprint density at radius 1 is 0.885 bits per heavy atom. The number of carboxylic acid groups (broad SMARTS) is 1. The molecule has 0 saturated heterocycles. The van der Waals surface area contributed by atoms with E-state index in [9.17, 15) is 9.59 Å². The number of carbonyl (C=O) groups is 2. The van der Waals surface area contributed by atoms with E-state index in [1.165, 1.54) is 0 Å². The SMILES string of the molecule is O=C(O)CC(=O)C(CCc1ccccc1)OCCOCc1ccccc1. The van der Waals surface area contributed by atoms with Gasteiger partial charge in [-0.1, -0.05) is 60.7 Å². The predicted octanol–water partition coefficient (Wildman–Crippen LogP) is 3.27. The highest BCUT2D eigenvalue weighted by Crippen LogP contribution is 2.10. The van der Waals surface area contributed by atoms with Gasteiger partial charge in [0.15, 0.2) is 5.78 Å². The van der Waals surface area contributed by atoms with Crippen LogP contribution < -0.4 is 0 Å². The van der Waals surface area contributed by atoms with Crippen LogP contribution in [0.5, 0.6) is 0 Å². The van der Waals surface area contributed by atoms with Crippen LogP contribution in [0, 0.1) is 0 Å². The number of hydrogen-bond acceptors (Lipinski definition) is 4. The van der Waals surface area contributed by atoms with E-state index < -0.39 is 24.3 Å². The molecule has 5 nitrogen and oxygen atoms in total. The zero-order chi connectivity index (χ0) is 18.6. The van der Waals surface area contributed by atoms with E-state index in [1.54, 1.807) is 0 Å². The third kappa shape index (κ3) is 7.59. The second-order valence-electron chi connectivity index (χ2n) is 5.96. The molecule has 0 fully saturated rings. The summed E-state index contributed by atoms with van der Waals surface area (Å²) in [5, 5.41) is 8.85. The van der Waals surface area contributed by atoms with Crippen molar-refractivity contribution in [2.45, 2.75) is 32.0 Å². The maximum absolute atomic E-state index is 12.1. The van der Waals surface area contributed by atoms with E-state index in [1.807, 2.05) is 60.7 Å². The standard InChI is InChI=1S/C21H24O5/c22-19(15-21(23)24)20(12-11-17-7-3-1-4-8-17)26-14-13-25-16-18-9-5-2-6-10-18/h1-10,20H,11-16H2,(H,23,24). The molecular weight excluding hydrogens is 332 g/mol. The molecule has 0 amide bonds. The number of aryl methyl sites for hydroxylation is 1. The molecule has 0 bridgehead atoms. The van der Waals surface area contributed by atoms with Crippen molar-refractivity contribution in [2.75, 3.05) is 13.2 Å². The molecule has 1 N–H and O–H groups in total. The van der Waals surface area contributed by atoms with Gasteiger partial charge in [0.2, 0.25) is 0 Å². The van der Waals surface area contributed by atoms with E-state index >= 15 is 0 Å². The monoisotopic (exact) mass is 356 g/mol. The lowest BCUT2D eigenvalue weighted by molar-refractivity contribution is -0.144. The molecule has 2 aromatic carbocycles. The normalized spacial score (nSPS) is 11.8. The van der Waals surface area contributed by atoms with Gasteiger partial charge in [-0.15, -0.1) is 0 Å². The topological polar surface area (TPSA) is 72.8 Å². The van der Waals surface area contributed by atoms with Crippen molar-refractivity contribution < 1.29 is 24.2 Å². The maximum atomic E-state index is 12.1. The van der Waals surface area contributed by atoms with Crippen LogP contribution in [0.2, 0.25) is 0 Å². The average molecular weight is 356 g/mol. The number of rotatable bonds is 12. The number of aliphatic carboxylic acids is 1. The van der Waals surface area contributed by atoms with Crippen LogP contribution in [0.3, 0.4) is 0 Å². The summed E-state index contributed by atoms with van der Waals surface area (Å²) in [7, 11) is 0. The van der Waals surface area contributed by atoms with Gasteiger partial charge in [-0.05, 0) is 24.0 Å². The van der Waals surface area contributed by atoms with Crippen LogP contribution in [0.4, 0.5) is 0 Å². The Labute approximate surface area is 153 Å². The van der Waals surface area contributed by atoms with Crippen molar-refractivity contribution in [2.24, 2.45) is 0 Å². The zero-order valence-electron chi connectivity index (χ0n) is 14.7. The summed E-state index contributed by atoms with van der Waals surface area (Å²) in [5.74, 6) is -1.54. The van der Waals surface area contributed by atoms with Gasteiger partial charge < -0.3 is 14.6 Å². The number of ketones is 1. The Morgan fingerprint density at radius 2 is 1.50 bits per heavy atom. The Hall–Kier alpha value is -2.50. The second-order valence-corrected chi connectivity index (χ2v) is 5.96. The molecule has 0 radical (unpaired) electrons. The molecule has 1 atom stereocenters. The Bertz CT molecular complexity index is 669. The molecule has 5 heteroatoms. The lowest BCUT2D eigenvalue weighted by Gasteiger charge is -2.16. The fraction of sp³-hybridized carbons (Fsp3) is 0.333. The average Bonchev–Trinajstić information content (AvgIpc) is 2.65. The van der Waals surface area contributed by atoms with Gasteiger partial charge in [0.1, 0.15) is 12.5 Å². The largest absolute Gasteiger partial charge is 0.481 e. The molecule has 2 rings (SSSR count). The summed E-state index contributed by atoms with van der Waals surface area (Å²) >= 11 is 0. The van der Waals surface area contributed by atoms with Gasteiger partial charge in [0, 0.05) is 0 Å².